The second-order valence-corrected chi connectivity index (χ2v) is 7.77. The van der Waals surface area contributed by atoms with Crippen LogP contribution in [-0.4, -0.2) is 58.9 Å². The minimum Gasteiger partial charge on any atom is -0.444 e. The first kappa shape index (κ1) is 20.7. The highest BCUT2D eigenvalue weighted by Gasteiger charge is 2.37. The van der Waals surface area contributed by atoms with Crippen molar-refractivity contribution in [3.05, 3.63) is 0 Å². The molecule has 24 heavy (non-hydrogen) atoms. The molecular formula is C17H33N3O4. The molecule has 1 fully saturated rings. The first-order valence-electron chi connectivity index (χ1n) is 8.70. The van der Waals surface area contributed by atoms with E-state index >= 15 is 0 Å². The quantitative estimate of drug-likeness (QED) is 0.696. The fraction of sp³-hybridized carbons (Fsp3) is 0.882. The third-order valence-corrected chi connectivity index (χ3v) is 4.28. The predicted octanol–water partition coefficient (Wildman–Crippen LogP) is 1.24. The van der Waals surface area contributed by atoms with Crippen LogP contribution in [-0.2, 0) is 9.53 Å². The van der Waals surface area contributed by atoms with Crippen LogP contribution in [0.15, 0.2) is 0 Å². The lowest BCUT2D eigenvalue weighted by Crippen LogP contribution is -2.54. The van der Waals surface area contributed by atoms with Crippen LogP contribution in [0.1, 0.15) is 53.9 Å². The molecule has 0 aromatic carbocycles. The number of nitrogens with two attached hydrogens (primary N) is 1. The van der Waals surface area contributed by atoms with Crippen LogP contribution in [0.2, 0.25) is 0 Å². The van der Waals surface area contributed by atoms with Crippen molar-refractivity contribution in [2.75, 3.05) is 13.2 Å². The summed E-state index contributed by atoms with van der Waals surface area (Å²) in [6, 6.07) is -0.114. The lowest BCUT2D eigenvalue weighted by molar-refractivity contribution is -0.121. The van der Waals surface area contributed by atoms with Crippen molar-refractivity contribution in [2.45, 2.75) is 77.6 Å². The second-order valence-electron chi connectivity index (χ2n) is 7.77. The predicted molar refractivity (Wildman–Crippen MR) is 92.4 cm³/mol. The normalized spacial score (nSPS) is 24.6. The molecule has 7 nitrogen and oxygen atoms in total. The summed E-state index contributed by atoms with van der Waals surface area (Å²) >= 11 is 0. The van der Waals surface area contributed by atoms with Gasteiger partial charge < -0.3 is 25.8 Å². The van der Waals surface area contributed by atoms with Crippen LogP contribution < -0.4 is 11.1 Å². The first-order valence-corrected chi connectivity index (χ1v) is 8.70. The molecular weight excluding hydrogens is 310 g/mol. The number of rotatable bonds is 5. The van der Waals surface area contributed by atoms with Crippen LogP contribution in [0.25, 0.3) is 0 Å². The molecule has 0 heterocycles. The van der Waals surface area contributed by atoms with E-state index in [0.717, 1.165) is 6.42 Å². The van der Waals surface area contributed by atoms with Gasteiger partial charge in [-0.1, -0.05) is 0 Å². The molecule has 0 spiro atoms. The van der Waals surface area contributed by atoms with Gasteiger partial charge in [0.25, 0.3) is 0 Å². The number of hydrogen-bond acceptors (Lipinski definition) is 5. The fourth-order valence-corrected chi connectivity index (χ4v) is 3.25. The van der Waals surface area contributed by atoms with E-state index in [1.165, 1.54) is 0 Å². The third-order valence-electron chi connectivity index (χ3n) is 4.28. The maximum atomic E-state index is 12.6. The van der Waals surface area contributed by atoms with E-state index in [1.807, 2.05) is 34.6 Å². The molecule has 0 bridgehead atoms. The number of carbonyl (C=O) groups excluding carboxylic acids is 2. The summed E-state index contributed by atoms with van der Waals surface area (Å²) in [5.74, 6) is -0.312. The number of ether oxygens (including phenoxy) is 1. The Morgan fingerprint density at radius 3 is 2.42 bits per heavy atom. The minimum atomic E-state index is -0.549. The van der Waals surface area contributed by atoms with Gasteiger partial charge in [0, 0.05) is 30.7 Å². The molecule has 1 rings (SSSR count). The number of aliphatic hydroxyl groups is 1. The Balaban J connectivity index is 2.81. The van der Waals surface area contributed by atoms with Crippen LogP contribution in [0.3, 0.4) is 0 Å². The number of carbonyl (C=O) groups is 2. The number of nitrogens with zero attached hydrogens (tertiary/aromatic N) is 1. The molecule has 1 aliphatic rings. The summed E-state index contributed by atoms with van der Waals surface area (Å²) in [5, 5.41) is 12.6. The molecule has 4 N–H and O–H groups in total. The van der Waals surface area contributed by atoms with Gasteiger partial charge in [-0.2, -0.15) is 0 Å². The fourth-order valence-electron chi connectivity index (χ4n) is 3.25. The van der Waals surface area contributed by atoms with E-state index in [-0.39, 0.29) is 49.2 Å². The average molecular weight is 343 g/mol. The molecule has 1 saturated carbocycles. The lowest BCUT2D eigenvalue weighted by Gasteiger charge is -2.42. The lowest BCUT2D eigenvalue weighted by atomic mass is 9.81. The Labute approximate surface area is 144 Å². The SMILES string of the molecule is CC(C)N(C(=O)OC(C)(C)C)[C@@H]1CC[C@H](NC(=O)CN)[C@H](CO)C1. The molecule has 0 radical (unpaired) electrons. The second kappa shape index (κ2) is 8.67. The standard InChI is InChI=1S/C17H33N3O4/c1-11(2)20(16(23)24-17(3,4)5)13-6-7-14(12(8-13)10-21)19-15(22)9-18/h11-14,21H,6-10,18H2,1-5H3,(H,19,22)/t12-,13+,14-/m0/s1. The van der Waals surface area contributed by atoms with Gasteiger partial charge in [-0.25, -0.2) is 4.79 Å². The molecule has 0 saturated heterocycles. The molecule has 0 unspecified atom stereocenters. The van der Waals surface area contributed by atoms with Crippen LogP contribution in [0, 0.1) is 5.92 Å². The molecule has 0 aromatic heterocycles. The average Bonchev–Trinajstić information content (AvgIpc) is 2.46. The highest BCUT2D eigenvalue weighted by molar-refractivity contribution is 5.78. The zero-order chi connectivity index (χ0) is 18.5. The van der Waals surface area contributed by atoms with E-state index in [0.29, 0.717) is 12.8 Å². The highest BCUT2D eigenvalue weighted by atomic mass is 16.6. The van der Waals surface area contributed by atoms with E-state index in [2.05, 4.69) is 5.32 Å². The number of aliphatic hydroxyl groups excluding tert-OH is 1. The van der Waals surface area contributed by atoms with Gasteiger partial charge in [-0.15, -0.1) is 0 Å². The monoisotopic (exact) mass is 343 g/mol. The Morgan fingerprint density at radius 2 is 1.96 bits per heavy atom. The molecule has 3 atom stereocenters. The van der Waals surface area contributed by atoms with Crippen molar-refractivity contribution in [1.29, 1.82) is 0 Å². The van der Waals surface area contributed by atoms with Gasteiger partial charge in [-0.3, -0.25) is 4.79 Å². The van der Waals surface area contributed by atoms with Gasteiger partial charge >= 0.3 is 6.09 Å². The molecule has 7 heteroatoms. The topological polar surface area (TPSA) is 105 Å². The van der Waals surface area contributed by atoms with Crippen molar-refractivity contribution in [2.24, 2.45) is 11.7 Å². The summed E-state index contributed by atoms with van der Waals surface area (Å²) in [4.78, 5) is 25.8. The van der Waals surface area contributed by atoms with Crippen molar-refractivity contribution >= 4 is 12.0 Å². The van der Waals surface area contributed by atoms with E-state index in [9.17, 15) is 14.7 Å². The highest BCUT2D eigenvalue weighted by Crippen LogP contribution is 2.30. The van der Waals surface area contributed by atoms with E-state index in [4.69, 9.17) is 10.5 Å². The van der Waals surface area contributed by atoms with Crippen molar-refractivity contribution in [3.8, 4) is 0 Å². The molecule has 0 aromatic rings. The third kappa shape index (κ3) is 5.94. The molecule has 0 aliphatic heterocycles. The summed E-state index contributed by atoms with van der Waals surface area (Å²) in [7, 11) is 0. The Kier molecular flexibility index (Phi) is 7.48. The van der Waals surface area contributed by atoms with Crippen molar-refractivity contribution in [3.63, 3.8) is 0 Å². The Hall–Kier alpha value is -1.34. The largest absolute Gasteiger partial charge is 0.444 e. The molecule has 1 aliphatic carbocycles. The van der Waals surface area contributed by atoms with E-state index < -0.39 is 5.60 Å². The van der Waals surface area contributed by atoms with Crippen molar-refractivity contribution in [1.82, 2.24) is 10.2 Å². The number of hydrogen-bond donors (Lipinski definition) is 3. The summed E-state index contributed by atoms with van der Waals surface area (Å²) in [6.45, 7) is 9.36. The minimum absolute atomic E-state index is 0.000578. The van der Waals surface area contributed by atoms with Crippen molar-refractivity contribution < 1.29 is 19.4 Å². The number of amides is 2. The summed E-state index contributed by atoms with van der Waals surface area (Å²) in [6.07, 6.45) is 1.75. The molecule has 140 valence electrons. The summed E-state index contributed by atoms with van der Waals surface area (Å²) < 4.78 is 5.53. The van der Waals surface area contributed by atoms with Crippen LogP contribution >= 0.6 is 0 Å². The number of nitrogens with one attached hydrogen (secondary N) is 1. The zero-order valence-corrected chi connectivity index (χ0v) is 15.5. The van der Waals surface area contributed by atoms with Gasteiger partial charge in [0.15, 0.2) is 0 Å². The van der Waals surface area contributed by atoms with Gasteiger partial charge in [-0.05, 0) is 53.9 Å². The Morgan fingerprint density at radius 1 is 1.33 bits per heavy atom. The van der Waals surface area contributed by atoms with Crippen LogP contribution in [0.5, 0.6) is 0 Å². The van der Waals surface area contributed by atoms with E-state index in [1.54, 1.807) is 4.90 Å². The maximum absolute atomic E-state index is 12.6. The molecule has 2 amide bonds. The Bertz CT molecular complexity index is 434. The van der Waals surface area contributed by atoms with Gasteiger partial charge in [0.2, 0.25) is 5.91 Å². The smallest absolute Gasteiger partial charge is 0.410 e. The van der Waals surface area contributed by atoms with Gasteiger partial charge in [0.1, 0.15) is 5.60 Å². The van der Waals surface area contributed by atoms with Crippen LogP contribution in [0.4, 0.5) is 4.79 Å². The zero-order valence-electron chi connectivity index (χ0n) is 15.5. The van der Waals surface area contributed by atoms with Gasteiger partial charge in [0.05, 0.1) is 6.54 Å². The summed E-state index contributed by atoms with van der Waals surface area (Å²) in [5.41, 5.74) is 4.80. The maximum Gasteiger partial charge on any atom is 0.410 e. The first-order chi connectivity index (χ1) is 11.1.